The van der Waals surface area contributed by atoms with Gasteiger partial charge < -0.3 is 9.72 Å². The Labute approximate surface area is 222 Å². The molecule has 4 rings (SSSR count). The molecule has 0 saturated carbocycles. The monoisotopic (exact) mass is 571 g/mol. The third-order valence-electron chi connectivity index (χ3n) is 5.97. The lowest BCUT2D eigenvalue weighted by Crippen LogP contribution is -2.60. The summed E-state index contributed by atoms with van der Waals surface area (Å²) in [6.45, 7) is 3.49. The van der Waals surface area contributed by atoms with Crippen molar-refractivity contribution < 1.29 is 22.9 Å². The van der Waals surface area contributed by atoms with Crippen LogP contribution in [0.3, 0.4) is 0 Å². The van der Waals surface area contributed by atoms with Crippen LogP contribution in [0.4, 0.5) is 5.69 Å². The van der Waals surface area contributed by atoms with E-state index in [1.54, 1.807) is 20.0 Å². The Bertz CT molecular complexity index is 1460. The number of hydrogen-bond acceptors (Lipinski definition) is 6. The van der Waals surface area contributed by atoms with Crippen molar-refractivity contribution >= 4 is 56.5 Å². The highest BCUT2D eigenvalue weighted by atomic mass is 35.5. The smallest absolute Gasteiger partial charge is 0.340 e. The molecule has 13 heteroatoms. The van der Waals surface area contributed by atoms with E-state index in [4.69, 9.17) is 39.5 Å². The molecule has 0 radical (unpaired) electrons. The number of benzene rings is 2. The first kappa shape index (κ1) is 26.4. The number of sulfonamides is 1. The van der Waals surface area contributed by atoms with Crippen LogP contribution in [-0.2, 0) is 20.2 Å². The van der Waals surface area contributed by atoms with Gasteiger partial charge in [0.1, 0.15) is 0 Å². The van der Waals surface area contributed by atoms with Crippen molar-refractivity contribution in [2.45, 2.75) is 24.2 Å². The number of carbonyl (C=O) groups excluding carboxylic acids is 1. The first-order chi connectivity index (χ1) is 16.9. The van der Waals surface area contributed by atoms with Crippen LogP contribution in [0.1, 0.15) is 29.9 Å². The highest BCUT2D eigenvalue weighted by molar-refractivity contribution is 7.89. The predicted octanol–water partition coefficient (Wildman–Crippen LogP) is 5.69. The van der Waals surface area contributed by atoms with Crippen molar-refractivity contribution in [2.24, 2.45) is 0 Å². The molecule has 0 amide bonds. The Morgan fingerprint density at radius 3 is 2.39 bits per heavy atom. The number of ether oxygens (including phenoxy) is 1. The molecule has 2 aromatic carbocycles. The summed E-state index contributed by atoms with van der Waals surface area (Å²) in [5, 5.41) is 12.2. The van der Waals surface area contributed by atoms with E-state index in [9.17, 15) is 23.3 Å². The minimum absolute atomic E-state index is 0.0319. The van der Waals surface area contributed by atoms with E-state index < -0.39 is 36.9 Å². The maximum atomic E-state index is 13.2. The van der Waals surface area contributed by atoms with Crippen LogP contribution in [0.2, 0.25) is 15.1 Å². The van der Waals surface area contributed by atoms with E-state index in [2.05, 4.69) is 4.98 Å². The van der Waals surface area contributed by atoms with Gasteiger partial charge in [-0.25, -0.2) is 13.2 Å². The molecule has 1 N–H and O–H groups in total. The van der Waals surface area contributed by atoms with Crippen molar-refractivity contribution in [2.75, 3.05) is 19.7 Å². The molecule has 0 aliphatic carbocycles. The van der Waals surface area contributed by atoms with E-state index in [0.717, 1.165) is 10.4 Å². The lowest BCUT2D eigenvalue weighted by atomic mass is 9.78. The Hall–Kier alpha value is -2.63. The topological polar surface area (TPSA) is 123 Å². The maximum Gasteiger partial charge on any atom is 0.340 e. The molecule has 36 heavy (non-hydrogen) atoms. The summed E-state index contributed by atoms with van der Waals surface area (Å²) < 4.78 is 32.8. The maximum absolute atomic E-state index is 13.2. The minimum Gasteiger partial charge on any atom is -0.462 e. The number of nitro groups is 1. The van der Waals surface area contributed by atoms with E-state index in [0.29, 0.717) is 21.8 Å². The molecule has 3 aromatic rings. The van der Waals surface area contributed by atoms with Crippen molar-refractivity contribution in [1.82, 2.24) is 9.29 Å². The Morgan fingerprint density at radius 2 is 1.81 bits per heavy atom. The standard InChI is InChI=1S/C23H20Cl3N3O6S/c1-3-35-22(30)20-14(19-15(25)8-13(24)9-16(19)26)10-27-21(20)23(2)11-28(12-23)36(33,34)18-7-5-4-6-17(18)29(31)32/h4-10,27H,3,11-12H2,1-2H3. The Balaban J connectivity index is 1.75. The summed E-state index contributed by atoms with van der Waals surface area (Å²) in [6.07, 6.45) is 1.56. The molecular formula is C23H20Cl3N3O6S. The molecular weight excluding hydrogens is 553 g/mol. The zero-order valence-corrected chi connectivity index (χ0v) is 22.1. The molecule has 0 bridgehead atoms. The van der Waals surface area contributed by atoms with E-state index >= 15 is 0 Å². The number of aromatic amines is 1. The number of aromatic nitrogens is 1. The van der Waals surface area contributed by atoms with Crippen LogP contribution in [0, 0.1) is 10.1 Å². The third kappa shape index (κ3) is 4.48. The van der Waals surface area contributed by atoms with Gasteiger partial charge in [-0.1, -0.05) is 53.9 Å². The zero-order chi connectivity index (χ0) is 26.4. The number of carbonyl (C=O) groups is 1. The van der Waals surface area contributed by atoms with Gasteiger partial charge in [-0.05, 0) is 25.1 Å². The molecule has 190 valence electrons. The van der Waals surface area contributed by atoms with Gasteiger partial charge in [0.05, 0.1) is 27.1 Å². The highest BCUT2D eigenvalue weighted by Gasteiger charge is 2.50. The van der Waals surface area contributed by atoms with Crippen LogP contribution < -0.4 is 0 Å². The SMILES string of the molecule is CCOC(=O)c1c(-c2c(Cl)cc(Cl)cc2Cl)c[nH]c1C1(C)CN(S(=O)(=O)c2ccccc2[N+](=O)[O-])C1. The fourth-order valence-corrected chi connectivity index (χ4v) is 7.20. The second kappa shape index (κ2) is 9.68. The molecule has 9 nitrogen and oxygen atoms in total. The Morgan fingerprint density at radius 1 is 1.19 bits per heavy atom. The van der Waals surface area contributed by atoms with Crippen LogP contribution in [-0.4, -0.2) is 48.3 Å². The summed E-state index contributed by atoms with van der Waals surface area (Å²) in [5.74, 6) is -0.632. The number of H-pyrrole nitrogens is 1. The lowest BCUT2D eigenvalue weighted by Gasteiger charge is -2.46. The molecule has 1 aliphatic rings. The number of esters is 1. The molecule has 1 fully saturated rings. The van der Waals surface area contributed by atoms with Crippen LogP contribution in [0.25, 0.3) is 11.1 Å². The van der Waals surface area contributed by atoms with Crippen LogP contribution in [0.15, 0.2) is 47.5 Å². The number of rotatable bonds is 7. The quantitative estimate of drug-likeness (QED) is 0.220. The third-order valence-corrected chi connectivity index (χ3v) is 8.62. The minimum atomic E-state index is -4.16. The summed E-state index contributed by atoms with van der Waals surface area (Å²) in [6, 6.07) is 8.16. The molecule has 1 aromatic heterocycles. The molecule has 2 heterocycles. The summed E-state index contributed by atoms with van der Waals surface area (Å²) in [5.41, 5.74) is 0.0345. The Kier molecular flexibility index (Phi) is 7.11. The van der Waals surface area contributed by atoms with Gasteiger partial charge in [0.2, 0.25) is 10.0 Å². The average molecular weight is 573 g/mol. The van der Waals surface area contributed by atoms with E-state index in [1.807, 2.05) is 0 Å². The molecule has 0 atom stereocenters. The average Bonchev–Trinajstić information content (AvgIpc) is 3.21. The highest BCUT2D eigenvalue weighted by Crippen LogP contribution is 2.45. The summed E-state index contributed by atoms with van der Waals surface area (Å²) >= 11 is 18.9. The number of nitrogens with zero attached hydrogens (tertiary/aromatic N) is 2. The van der Waals surface area contributed by atoms with Crippen LogP contribution in [0.5, 0.6) is 0 Å². The van der Waals surface area contributed by atoms with Gasteiger partial charge in [-0.15, -0.1) is 0 Å². The largest absolute Gasteiger partial charge is 0.462 e. The van der Waals surface area contributed by atoms with Gasteiger partial charge in [-0.2, -0.15) is 4.31 Å². The number of nitrogens with one attached hydrogen (secondary N) is 1. The number of nitro benzene ring substituents is 1. The number of hydrogen-bond donors (Lipinski definition) is 1. The second-order valence-electron chi connectivity index (χ2n) is 8.48. The number of halogens is 3. The zero-order valence-electron chi connectivity index (χ0n) is 19.0. The van der Waals surface area contributed by atoms with Gasteiger partial charge in [0.25, 0.3) is 5.69 Å². The molecule has 0 unspecified atom stereocenters. The van der Waals surface area contributed by atoms with E-state index in [-0.39, 0.29) is 35.3 Å². The van der Waals surface area contributed by atoms with Crippen molar-refractivity contribution in [1.29, 1.82) is 0 Å². The molecule has 1 aliphatic heterocycles. The van der Waals surface area contributed by atoms with E-state index in [1.165, 1.54) is 30.3 Å². The van der Waals surface area contributed by atoms with Gasteiger partial charge >= 0.3 is 5.97 Å². The number of para-hydroxylation sites is 1. The normalized spacial score (nSPS) is 15.4. The van der Waals surface area contributed by atoms with Crippen molar-refractivity contribution in [3.63, 3.8) is 0 Å². The van der Waals surface area contributed by atoms with Crippen molar-refractivity contribution in [3.8, 4) is 11.1 Å². The van der Waals surface area contributed by atoms with Gasteiger partial charge in [0.15, 0.2) is 4.90 Å². The first-order valence-electron chi connectivity index (χ1n) is 10.7. The van der Waals surface area contributed by atoms with Gasteiger partial charge in [0, 0.05) is 52.6 Å². The second-order valence-corrected chi connectivity index (χ2v) is 11.6. The first-order valence-corrected chi connectivity index (χ1v) is 13.3. The van der Waals surface area contributed by atoms with Gasteiger partial charge in [-0.3, -0.25) is 10.1 Å². The lowest BCUT2D eigenvalue weighted by molar-refractivity contribution is -0.387. The fraction of sp³-hybridized carbons (Fsp3) is 0.261. The molecule has 1 saturated heterocycles. The molecule has 0 spiro atoms. The predicted molar refractivity (Wildman–Crippen MR) is 136 cm³/mol. The van der Waals surface area contributed by atoms with Crippen molar-refractivity contribution in [3.05, 3.63) is 79.0 Å². The summed E-state index contributed by atoms with van der Waals surface area (Å²) in [4.78, 5) is 26.4. The fourth-order valence-electron chi connectivity index (χ4n) is 4.34. The van der Waals surface area contributed by atoms with Crippen LogP contribution >= 0.6 is 34.8 Å². The summed E-state index contributed by atoms with van der Waals surface area (Å²) in [7, 11) is -4.16.